The van der Waals surface area contributed by atoms with E-state index in [1.54, 1.807) is 4.68 Å². The molecule has 1 atom stereocenters. The highest BCUT2D eigenvalue weighted by Crippen LogP contribution is 2.37. The number of carbonyl (C=O) groups is 1. The van der Waals surface area contributed by atoms with Crippen molar-refractivity contribution in [3.05, 3.63) is 40.6 Å². The molecule has 0 aliphatic carbocycles. The number of nitrogens with one attached hydrogen (secondary N) is 2. The van der Waals surface area contributed by atoms with Gasteiger partial charge >= 0.3 is 6.18 Å². The summed E-state index contributed by atoms with van der Waals surface area (Å²) in [6, 6.07) is 3.40. The van der Waals surface area contributed by atoms with Gasteiger partial charge in [-0.1, -0.05) is 19.9 Å². The minimum absolute atomic E-state index is 0.0259. The van der Waals surface area contributed by atoms with Gasteiger partial charge in [0, 0.05) is 61.9 Å². The number of amides is 1. The summed E-state index contributed by atoms with van der Waals surface area (Å²) in [5.74, 6) is -0.343. The summed E-state index contributed by atoms with van der Waals surface area (Å²) in [4.78, 5) is 14.3. The van der Waals surface area contributed by atoms with Gasteiger partial charge in [-0.05, 0) is 49.5 Å². The molecular formula is C29H43F3N6O6S2. The fraction of sp³-hybridized carbons (Fsp3) is 0.655. The summed E-state index contributed by atoms with van der Waals surface area (Å²) in [6.45, 7) is 5.01. The van der Waals surface area contributed by atoms with E-state index in [1.807, 2.05) is 18.7 Å². The number of sulfonamides is 2. The van der Waals surface area contributed by atoms with Crippen molar-refractivity contribution in [1.29, 1.82) is 0 Å². The number of halogens is 3. The van der Waals surface area contributed by atoms with E-state index in [0.29, 0.717) is 61.4 Å². The number of alkyl halides is 3. The molecule has 17 heteroatoms. The lowest BCUT2D eigenvalue weighted by molar-refractivity contribution is -0.138. The van der Waals surface area contributed by atoms with Gasteiger partial charge in [-0.3, -0.25) is 9.48 Å². The van der Waals surface area contributed by atoms with Crippen molar-refractivity contribution in [2.45, 2.75) is 77.5 Å². The number of aromatic nitrogens is 2. The zero-order valence-electron chi connectivity index (χ0n) is 26.5. The molecule has 0 spiro atoms. The average Bonchev–Trinajstić information content (AvgIpc) is 3.28. The molecule has 1 saturated heterocycles. The predicted octanol–water partition coefficient (Wildman–Crippen LogP) is 1.92. The Bertz CT molecular complexity index is 1620. The summed E-state index contributed by atoms with van der Waals surface area (Å²) in [5, 5.41) is 18.3. The maximum atomic E-state index is 13.9. The molecule has 0 saturated carbocycles. The third kappa shape index (κ3) is 9.73. The number of carbonyl (C=O) groups excluding carboxylic acids is 1. The van der Waals surface area contributed by atoms with Gasteiger partial charge in [-0.25, -0.2) is 21.6 Å². The number of rotatable bonds is 12. The fourth-order valence-corrected chi connectivity index (χ4v) is 7.65. The molecule has 2 aliphatic heterocycles. The largest absolute Gasteiger partial charge is 0.416 e. The quantitative estimate of drug-likeness (QED) is 0.305. The van der Waals surface area contributed by atoms with E-state index in [2.05, 4.69) is 10.0 Å². The molecule has 4 rings (SSSR count). The first-order chi connectivity index (χ1) is 21.3. The Morgan fingerprint density at radius 3 is 2.35 bits per heavy atom. The number of likely N-dealkylation sites (tertiary alicyclic amines) is 1. The lowest BCUT2D eigenvalue weighted by Gasteiger charge is -2.33. The molecule has 46 heavy (non-hydrogen) atoms. The summed E-state index contributed by atoms with van der Waals surface area (Å²) < 4.78 is 95.3. The highest BCUT2D eigenvalue weighted by molar-refractivity contribution is 7.88. The van der Waals surface area contributed by atoms with Crippen LogP contribution >= 0.6 is 0 Å². The third-order valence-corrected chi connectivity index (χ3v) is 10.2. The third-order valence-electron chi connectivity index (χ3n) is 8.14. The minimum atomic E-state index is -4.66. The number of hydrogen-bond donors (Lipinski definition) is 3. The Balaban J connectivity index is 1.61. The molecule has 3 N–H and O–H groups in total. The molecule has 1 amide bonds. The van der Waals surface area contributed by atoms with Crippen LogP contribution in [-0.2, 0) is 57.1 Å². The molecule has 3 heterocycles. The van der Waals surface area contributed by atoms with E-state index >= 15 is 0 Å². The smallest absolute Gasteiger partial charge is 0.390 e. The van der Waals surface area contributed by atoms with Gasteiger partial charge in [-0.2, -0.15) is 22.6 Å². The van der Waals surface area contributed by atoms with Crippen molar-refractivity contribution < 1.29 is 39.9 Å². The first-order valence-electron chi connectivity index (χ1n) is 15.2. The van der Waals surface area contributed by atoms with E-state index in [9.17, 15) is 39.9 Å². The summed E-state index contributed by atoms with van der Waals surface area (Å²) >= 11 is 0. The highest BCUT2D eigenvalue weighted by Gasteiger charge is 2.35. The monoisotopic (exact) mass is 692 g/mol. The van der Waals surface area contributed by atoms with Gasteiger partial charge in [0.1, 0.15) is 0 Å². The number of piperidine rings is 1. The summed E-state index contributed by atoms with van der Waals surface area (Å²) in [5.41, 5.74) is 0.851. The van der Waals surface area contributed by atoms with Crippen LogP contribution in [0.3, 0.4) is 0 Å². The van der Waals surface area contributed by atoms with E-state index in [1.165, 1.54) is 16.4 Å². The second-order valence-corrected chi connectivity index (χ2v) is 16.4. The Morgan fingerprint density at radius 2 is 1.76 bits per heavy atom. The number of β-amino-alcohol motifs (C(OH)–C–C–N with tert-alkyl or cyclic N) is 1. The van der Waals surface area contributed by atoms with Crippen molar-refractivity contribution in [3.63, 3.8) is 0 Å². The van der Waals surface area contributed by atoms with Gasteiger partial charge < -0.3 is 15.3 Å². The number of hydrogen-bond acceptors (Lipinski definition) is 8. The standard InChI is InChI=1S/C29H43F3N6O6S2/c1-19(2)13-27(40)33-15-21-14-20(5-6-25(21)29(30,31)32)28-24-18-37(46(4,43)44)12-9-26(24)38(34-28)17-23(39)16-36-10-7-22(8-11-36)35-45(3,41)42/h5-6,14,19,22-23,35,39H,7-13,15-18H2,1-4H3,(H,33,40). The number of fused-ring (bicyclic) bond motifs is 1. The van der Waals surface area contributed by atoms with Crippen LogP contribution in [0.1, 0.15) is 55.5 Å². The van der Waals surface area contributed by atoms with Crippen molar-refractivity contribution in [1.82, 2.24) is 29.0 Å². The lowest BCUT2D eigenvalue weighted by atomic mass is 9.97. The zero-order chi connectivity index (χ0) is 34.0. The van der Waals surface area contributed by atoms with Crippen molar-refractivity contribution in [3.8, 4) is 11.3 Å². The Hall–Kier alpha value is -2.57. The second kappa shape index (κ2) is 14.3. The Morgan fingerprint density at radius 1 is 1.09 bits per heavy atom. The molecule has 1 unspecified atom stereocenters. The van der Waals surface area contributed by atoms with Crippen LogP contribution in [-0.4, -0.2) is 97.7 Å². The van der Waals surface area contributed by atoms with Crippen LogP contribution in [0, 0.1) is 5.92 Å². The number of benzene rings is 1. The first kappa shape index (κ1) is 36.3. The van der Waals surface area contributed by atoms with Crippen LogP contribution in [0.2, 0.25) is 0 Å². The molecule has 0 bridgehead atoms. The van der Waals surface area contributed by atoms with Crippen molar-refractivity contribution >= 4 is 26.0 Å². The molecule has 12 nitrogen and oxygen atoms in total. The van der Waals surface area contributed by atoms with Crippen LogP contribution in [0.15, 0.2) is 18.2 Å². The van der Waals surface area contributed by atoms with Crippen molar-refractivity contribution in [2.24, 2.45) is 5.92 Å². The maximum absolute atomic E-state index is 13.9. The first-order valence-corrected chi connectivity index (χ1v) is 18.9. The topological polar surface area (TPSA) is 154 Å². The second-order valence-electron chi connectivity index (χ2n) is 12.7. The minimum Gasteiger partial charge on any atom is -0.390 e. The molecular weight excluding hydrogens is 649 g/mol. The zero-order valence-corrected chi connectivity index (χ0v) is 28.1. The van der Waals surface area contributed by atoms with Crippen LogP contribution in [0.5, 0.6) is 0 Å². The van der Waals surface area contributed by atoms with Gasteiger partial charge in [0.05, 0.1) is 36.4 Å². The molecule has 1 aromatic heterocycles. The molecule has 2 aliphatic rings. The molecule has 258 valence electrons. The summed E-state index contributed by atoms with van der Waals surface area (Å²) in [6.07, 6.45) is -1.68. The van der Waals surface area contributed by atoms with Crippen LogP contribution in [0.25, 0.3) is 11.3 Å². The number of aliphatic hydroxyl groups is 1. The van der Waals surface area contributed by atoms with E-state index in [0.717, 1.165) is 18.6 Å². The average molecular weight is 693 g/mol. The van der Waals surface area contributed by atoms with E-state index in [4.69, 9.17) is 5.10 Å². The number of nitrogens with zero attached hydrogens (tertiary/aromatic N) is 4. The molecule has 1 aromatic carbocycles. The van der Waals surface area contributed by atoms with E-state index < -0.39 is 37.9 Å². The predicted molar refractivity (Wildman–Crippen MR) is 166 cm³/mol. The maximum Gasteiger partial charge on any atom is 0.416 e. The number of aliphatic hydroxyl groups excluding tert-OH is 1. The normalized spacial score (nSPS) is 18.1. The van der Waals surface area contributed by atoms with Gasteiger partial charge in [0.2, 0.25) is 26.0 Å². The molecule has 2 aromatic rings. The Labute approximate surface area is 268 Å². The highest BCUT2D eigenvalue weighted by atomic mass is 32.2. The Kier molecular flexibility index (Phi) is 11.3. The SMILES string of the molecule is CC(C)CC(=O)NCc1cc(-c2nn(CC(O)CN3CCC(NS(C)(=O)=O)CC3)c3c2CN(S(C)(=O)=O)CC3)ccc1C(F)(F)F. The lowest BCUT2D eigenvalue weighted by Crippen LogP contribution is -2.46. The van der Waals surface area contributed by atoms with Gasteiger partial charge in [-0.15, -0.1) is 0 Å². The van der Waals surface area contributed by atoms with Crippen LogP contribution in [0.4, 0.5) is 13.2 Å². The molecule has 0 radical (unpaired) electrons. The molecule has 1 fully saturated rings. The summed E-state index contributed by atoms with van der Waals surface area (Å²) in [7, 11) is -6.89. The van der Waals surface area contributed by atoms with E-state index in [-0.39, 0.29) is 56.0 Å². The van der Waals surface area contributed by atoms with Crippen molar-refractivity contribution in [2.75, 3.05) is 38.7 Å². The fourth-order valence-electron chi connectivity index (χ4n) is 6.02. The van der Waals surface area contributed by atoms with Gasteiger partial charge in [0.25, 0.3) is 0 Å². The van der Waals surface area contributed by atoms with Crippen LogP contribution < -0.4 is 10.0 Å². The van der Waals surface area contributed by atoms with Gasteiger partial charge in [0.15, 0.2) is 0 Å².